The van der Waals surface area contributed by atoms with Gasteiger partial charge in [0, 0.05) is 38.5 Å². The molecule has 4 heteroatoms. The predicted molar refractivity (Wildman–Crippen MR) is 77.1 cm³/mol. The molecule has 0 spiro atoms. The summed E-state index contributed by atoms with van der Waals surface area (Å²) in [5, 5.41) is 1.25. The third-order valence-electron chi connectivity index (χ3n) is 3.19. The second kappa shape index (κ2) is 7.28. The number of fused-ring (bicyclic) bond motifs is 1. The lowest BCUT2D eigenvalue weighted by molar-refractivity contribution is 0.0681. The number of nitrogens with zero attached hydrogens (tertiary/aromatic N) is 1. The molecule has 4 nitrogen and oxygen atoms in total. The molecule has 0 radical (unpaired) electrons. The Morgan fingerprint density at radius 1 is 1.16 bits per heavy atom. The van der Waals surface area contributed by atoms with E-state index in [0.29, 0.717) is 19.8 Å². The fourth-order valence-electron chi connectivity index (χ4n) is 2.15. The monoisotopic (exact) mass is 262 g/mol. The molecule has 0 bridgehead atoms. The number of aryl methyl sites for hydroxylation is 1. The topological polar surface area (TPSA) is 49.4 Å². The molecule has 1 aromatic carbocycles. The molecule has 1 heterocycles. The Morgan fingerprint density at radius 3 is 2.84 bits per heavy atom. The second-order valence-corrected chi connectivity index (χ2v) is 4.57. The lowest BCUT2D eigenvalue weighted by Gasteiger charge is -2.07. The Kier molecular flexibility index (Phi) is 5.39. The number of aromatic nitrogens is 1. The van der Waals surface area contributed by atoms with Gasteiger partial charge in [-0.25, -0.2) is 0 Å². The molecule has 104 valence electrons. The fourth-order valence-corrected chi connectivity index (χ4v) is 2.15. The van der Waals surface area contributed by atoms with Crippen LogP contribution in [0.2, 0.25) is 0 Å². The third-order valence-corrected chi connectivity index (χ3v) is 3.19. The van der Waals surface area contributed by atoms with Gasteiger partial charge in [0.2, 0.25) is 0 Å². The SMILES string of the molecule is COCCOCCCn1ccc2cc(CN)ccc21. The minimum atomic E-state index is 0.592. The van der Waals surface area contributed by atoms with E-state index in [9.17, 15) is 0 Å². The van der Waals surface area contributed by atoms with Crippen LogP contribution in [0.3, 0.4) is 0 Å². The van der Waals surface area contributed by atoms with Gasteiger partial charge in [-0.05, 0) is 35.6 Å². The molecular weight excluding hydrogens is 240 g/mol. The van der Waals surface area contributed by atoms with Gasteiger partial charge < -0.3 is 19.8 Å². The summed E-state index contributed by atoms with van der Waals surface area (Å²) in [6.45, 7) is 3.66. The maximum absolute atomic E-state index is 5.65. The zero-order valence-electron chi connectivity index (χ0n) is 11.5. The molecule has 0 aliphatic rings. The summed E-state index contributed by atoms with van der Waals surface area (Å²) >= 11 is 0. The van der Waals surface area contributed by atoms with E-state index in [1.807, 2.05) is 0 Å². The van der Waals surface area contributed by atoms with E-state index in [0.717, 1.165) is 19.6 Å². The van der Waals surface area contributed by atoms with E-state index in [1.165, 1.54) is 16.5 Å². The summed E-state index contributed by atoms with van der Waals surface area (Å²) in [7, 11) is 1.69. The first-order chi connectivity index (χ1) is 9.35. The van der Waals surface area contributed by atoms with Crippen molar-refractivity contribution in [1.29, 1.82) is 0 Å². The molecule has 0 unspecified atom stereocenters. The first-order valence-electron chi connectivity index (χ1n) is 6.69. The average molecular weight is 262 g/mol. The highest BCUT2D eigenvalue weighted by Gasteiger charge is 2.01. The zero-order chi connectivity index (χ0) is 13.5. The molecule has 0 atom stereocenters. The van der Waals surface area contributed by atoms with Gasteiger partial charge in [0.05, 0.1) is 13.2 Å². The summed E-state index contributed by atoms with van der Waals surface area (Å²) < 4.78 is 12.7. The second-order valence-electron chi connectivity index (χ2n) is 4.57. The predicted octanol–water partition coefficient (Wildman–Crippen LogP) is 2.15. The van der Waals surface area contributed by atoms with Crippen molar-refractivity contribution < 1.29 is 9.47 Å². The zero-order valence-corrected chi connectivity index (χ0v) is 11.5. The normalized spacial score (nSPS) is 11.3. The van der Waals surface area contributed by atoms with Gasteiger partial charge in [-0.15, -0.1) is 0 Å². The van der Waals surface area contributed by atoms with Crippen LogP contribution in [0.1, 0.15) is 12.0 Å². The number of ether oxygens (including phenoxy) is 2. The van der Waals surface area contributed by atoms with Crippen LogP contribution in [0, 0.1) is 0 Å². The minimum absolute atomic E-state index is 0.592. The highest BCUT2D eigenvalue weighted by Crippen LogP contribution is 2.17. The minimum Gasteiger partial charge on any atom is -0.382 e. The van der Waals surface area contributed by atoms with Gasteiger partial charge in [0.1, 0.15) is 0 Å². The van der Waals surface area contributed by atoms with Gasteiger partial charge in [0.15, 0.2) is 0 Å². The van der Waals surface area contributed by atoms with Gasteiger partial charge in [-0.3, -0.25) is 0 Å². The molecule has 0 saturated carbocycles. The molecule has 0 aliphatic heterocycles. The van der Waals surface area contributed by atoms with Crippen molar-refractivity contribution in [2.75, 3.05) is 26.9 Å². The number of benzene rings is 1. The smallest absolute Gasteiger partial charge is 0.0700 e. The average Bonchev–Trinajstić information content (AvgIpc) is 2.85. The number of hydrogen-bond donors (Lipinski definition) is 1. The van der Waals surface area contributed by atoms with Gasteiger partial charge >= 0.3 is 0 Å². The van der Waals surface area contributed by atoms with Crippen LogP contribution < -0.4 is 5.73 Å². The van der Waals surface area contributed by atoms with E-state index in [-0.39, 0.29) is 0 Å². The van der Waals surface area contributed by atoms with Crippen molar-refractivity contribution in [3.8, 4) is 0 Å². The Bertz CT molecular complexity index is 508. The largest absolute Gasteiger partial charge is 0.382 e. The van der Waals surface area contributed by atoms with E-state index in [2.05, 4.69) is 35.0 Å². The first-order valence-corrected chi connectivity index (χ1v) is 6.69. The molecule has 2 N–H and O–H groups in total. The van der Waals surface area contributed by atoms with Crippen LogP contribution >= 0.6 is 0 Å². The molecule has 0 saturated heterocycles. The lowest BCUT2D eigenvalue weighted by atomic mass is 10.1. The van der Waals surface area contributed by atoms with Crippen molar-refractivity contribution in [2.45, 2.75) is 19.5 Å². The highest BCUT2D eigenvalue weighted by molar-refractivity contribution is 5.80. The van der Waals surface area contributed by atoms with Gasteiger partial charge in [0.25, 0.3) is 0 Å². The Hall–Kier alpha value is -1.36. The van der Waals surface area contributed by atoms with Crippen molar-refractivity contribution in [3.05, 3.63) is 36.0 Å². The van der Waals surface area contributed by atoms with Crippen LogP contribution in [0.5, 0.6) is 0 Å². The number of rotatable bonds is 8. The van der Waals surface area contributed by atoms with E-state index < -0.39 is 0 Å². The quantitative estimate of drug-likeness (QED) is 0.742. The number of nitrogens with two attached hydrogens (primary N) is 1. The van der Waals surface area contributed by atoms with E-state index in [1.54, 1.807) is 7.11 Å². The first kappa shape index (κ1) is 14.1. The Labute approximate surface area is 114 Å². The number of hydrogen-bond acceptors (Lipinski definition) is 3. The van der Waals surface area contributed by atoms with E-state index in [4.69, 9.17) is 15.2 Å². The molecule has 0 fully saturated rings. The number of methoxy groups -OCH3 is 1. The summed E-state index contributed by atoms with van der Waals surface area (Å²) in [5.74, 6) is 0. The summed E-state index contributed by atoms with van der Waals surface area (Å²) in [4.78, 5) is 0. The van der Waals surface area contributed by atoms with Crippen molar-refractivity contribution in [3.63, 3.8) is 0 Å². The van der Waals surface area contributed by atoms with Crippen LogP contribution in [0.4, 0.5) is 0 Å². The van der Waals surface area contributed by atoms with Gasteiger partial charge in [-0.2, -0.15) is 0 Å². The van der Waals surface area contributed by atoms with Crippen LogP contribution in [0.15, 0.2) is 30.5 Å². The molecule has 0 amide bonds. The van der Waals surface area contributed by atoms with Crippen molar-refractivity contribution in [2.24, 2.45) is 5.73 Å². The summed E-state index contributed by atoms with van der Waals surface area (Å²) in [6, 6.07) is 8.53. The van der Waals surface area contributed by atoms with Crippen LogP contribution in [0.25, 0.3) is 10.9 Å². The third kappa shape index (κ3) is 3.80. The lowest BCUT2D eigenvalue weighted by Crippen LogP contribution is -2.06. The Morgan fingerprint density at radius 2 is 2.05 bits per heavy atom. The van der Waals surface area contributed by atoms with Crippen LogP contribution in [-0.4, -0.2) is 31.5 Å². The molecule has 0 aliphatic carbocycles. The molecule has 1 aromatic heterocycles. The van der Waals surface area contributed by atoms with Crippen molar-refractivity contribution >= 4 is 10.9 Å². The fraction of sp³-hybridized carbons (Fsp3) is 0.467. The van der Waals surface area contributed by atoms with Crippen LogP contribution in [-0.2, 0) is 22.6 Å². The van der Waals surface area contributed by atoms with E-state index >= 15 is 0 Å². The maximum Gasteiger partial charge on any atom is 0.0700 e. The molecule has 19 heavy (non-hydrogen) atoms. The molecular formula is C15H22N2O2. The Balaban J connectivity index is 1.87. The summed E-state index contributed by atoms with van der Waals surface area (Å²) in [5.41, 5.74) is 8.08. The standard InChI is InChI=1S/C15H22N2O2/c1-18-9-10-19-8-2-6-17-7-5-14-11-13(12-16)3-4-15(14)17/h3-5,7,11H,2,6,8-10,12,16H2,1H3. The summed E-state index contributed by atoms with van der Waals surface area (Å²) in [6.07, 6.45) is 3.13. The molecule has 2 aromatic rings. The molecule has 2 rings (SSSR count). The van der Waals surface area contributed by atoms with Crippen molar-refractivity contribution in [1.82, 2.24) is 4.57 Å². The maximum atomic E-state index is 5.65. The highest BCUT2D eigenvalue weighted by atomic mass is 16.5. The van der Waals surface area contributed by atoms with Gasteiger partial charge in [-0.1, -0.05) is 6.07 Å².